The Bertz CT molecular complexity index is 672. The number of carbonyl (C=O) groups is 1. The van der Waals surface area contributed by atoms with Crippen LogP contribution in [0.15, 0.2) is 34.3 Å². The quantitative estimate of drug-likeness (QED) is 0.839. The van der Waals surface area contributed by atoms with Crippen LogP contribution in [0.25, 0.3) is 0 Å². The summed E-state index contributed by atoms with van der Waals surface area (Å²) >= 11 is 12.9. The number of aromatic nitrogens is 3. The van der Waals surface area contributed by atoms with E-state index in [4.69, 9.17) is 23.2 Å². The second-order valence-electron chi connectivity index (χ2n) is 3.57. The van der Waals surface area contributed by atoms with Gasteiger partial charge < -0.3 is 5.32 Å². The largest absolute Gasteiger partial charge is 0.323 e. The van der Waals surface area contributed by atoms with Crippen molar-refractivity contribution in [3.8, 4) is 0 Å². The molecule has 0 atom stereocenters. The molecule has 20 heavy (non-hydrogen) atoms. The Labute approximate surface area is 127 Å². The van der Waals surface area contributed by atoms with Gasteiger partial charge in [-0.2, -0.15) is 5.10 Å². The van der Waals surface area contributed by atoms with E-state index in [0.29, 0.717) is 15.7 Å². The van der Waals surface area contributed by atoms with Crippen molar-refractivity contribution in [2.24, 2.45) is 0 Å². The first-order valence-corrected chi connectivity index (χ1v) is 7.09. The smallest absolute Gasteiger partial charge is 0.270 e. The number of anilines is 1. The molecule has 2 rings (SSSR count). The zero-order valence-corrected chi connectivity index (χ0v) is 12.2. The van der Waals surface area contributed by atoms with Crippen molar-refractivity contribution in [2.45, 2.75) is 5.16 Å². The molecule has 0 unspecified atom stereocenters. The van der Waals surface area contributed by atoms with E-state index in [-0.39, 0.29) is 22.4 Å². The number of hydrogen-bond acceptors (Lipinski definition) is 5. The molecule has 1 aromatic heterocycles. The zero-order valence-electron chi connectivity index (χ0n) is 9.89. The maximum Gasteiger partial charge on any atom is 0.270 e. The number of benzene rings is 1. The first-order valence-electron chi connectivity index (χ1n) is 5.35. The van der Waals surface area contributed by atoms with Gasteiger partial charge in [-0.3, -0.25) is 14.6 Å². The Morgan fingerprint density at radius 1 is 1.35 bits per heavy atom. The van der Waals surface area contributed by atoms with E-state index in [1.807, 2.05) is 0 Å². The van der Waals surface area contributed by atoms with Crippen molar-refractivity contribution in [1.82, 2.24) is 15.2 Å². The van der Waals surface area contributed by atoms with E-state index in [1.54, 1.807) is 18.2 Å². The number of aromatic amines is 1. The standard InChI is InChI=1S/C11H8Cl2N4O2S/c12-6-2-1-3-7(13)10(6)15-9(19)5-20-11-16-8(18)4-14-17-11/h1-4H,5H2,(H,15,19)(H,16,17,18). The molecule has 2 aromatic rings. The van der Waals surface area contributed by atoms with Crippen LogP contribution >= 0.6 is 35.0 Å². The summed E-state index contributed by atoms with van der Waals surface area (Å²) in [6.07, 6.45) is 1.05. The van der Waals surface area contributed by atoms with Crippen LogP contribution in [-0.2, 0) is 4.79 Å². The van der Waals surface area contributed by atoms with E-state index >= 15 is 0 Å². The Morgan fingerprint density at radius 2 is 2.05 bits per heavy atom. The first kappa shape index (κ1) is 14.8. The predicted octanol–water partition coefficient (Wildman–Crippen LogP) is 2.20. The Kier molecular flexibility index (Phi) is 4.99. The van der Waals surface area contributed by atoms with Gasteiger partial charge in [-0.1, -0.05) is 41.0 Å². The van der Waals surface area contributed by atoms with E-state index in [9.17, 15) is 9.59 Å². The van der Waals surface area contributed by atoms with Gasteiger partial charge in [0, 0.05) is 0 Å². The van der Waals surface area contributed by atoms with Gasteiger partial charge in [-0.15, -0.1) is 5.10 Å². The van der Waals surface area contributed by atoms with Crippen molar-refractivity contribution in [3.63, 3.8) is 0 Å². The molecule has 0 aliphatic heterocycles. The molecule has 9 heteroatoms. The average Bonchev–Trinajstić information content (AvgIpc) is 2.41. The number of amides is 1. The summed E-state index contributed by atoms with van der Waals surface area (Å²) in [5, 5.41) is 10.7. The van der Waals surface area contributed by atoms with Gasteiger partial charge in [0.05, 0.1) is 21.5 Å². The SMILES string of the molecule is O=C(CSc1nncc(=O)[nH]1)Nc1c(Cl)cccc1Cl. The second kappa shape index (κ2) is 6.74. The summed E-state index contributed by atoms with van der Waals surface area (Å²) in [7, 11) is 0. The lowest BCUT2D eigenvalue weighted by molar-refractivity contribution is -0.113. The number of carbonyl (C=O) groups excluding carboxylic acids is 1. The maximum absolute atomic E-state index is 11.8. The molecular weight excluding hydrogens is 323 g/mol. The number of hydrogen-bond donors (Lipinski definition) is 2. The number of para-hydroxylation sites is 1. The van der Waals surface area contributed by atoms with Crippen molar-refractivity contribution in [3.05, 3.63) is 44.8 Å². The molecule has 0 bridgehead atoms. The second-order valence-corrected chi connectivity index (χ2v) is 5.35. The molecule has 0 spiro atoms. The number of H-pyrrole nitrogens is 1. The summed E-state index contributed by atoms with van der Waals surface area (Å²) in [4.78, 5) is 25.2. The molecule has 1 amide bonds. The van der Waals surface area contributed by atoms with Crippen LogP contribution in [0, 0.1) is 0 Å². The molecular formula is C11H8Cl2N4O2S. The molecule has 0 fully saturated rings. The molecule has 0 saturated carbocycles. The van der Waals surface area contributed by atoms with Gasteiger partial charge in [0.1, 0.15) is 6.20 Å². The summed E-state index contributed by atoms with van der Waals surface area (Å²) in [5.74, 6) is -0.285. The number of nitrogens with zero attached hydrogens (tertiary/aromatic N) is 2. The summed E-state index contributed by atoms with van der Waals surface area (Å²) in [6, 6.07) is 4.92. The third-order valence-corrected chi connectivity index (χ3v) is 3.61. The lowest BCUT2D eigenvalue weighted by Gasteiger charge is -2.08. The van der Waals surface area contributed by atoms with Gasteiger partial charge in [-0.25, -0.2) is 0 Å². The predicted molar refractivity (Wildman–Crippen MR) is 78.5 cm³/mol. The average molecular weight is 331 g/mol. The lowest BCUT2D eigenvalue weighted by Crippen LogP contribution is -2.16. The van der Waals surface area contributed by atoms with Crippen molar-refractivity contribution in [1.29, 1.82) is 0 Å². The number of thioether (sulfide) groups is 1. The highest BCUT2D eigenvalue weighted by atomic mass is 35.5. The summed E-state index contributed by atoms with van der Waals surface area (Å²) in [6.45, 7) is 0. The van der Waals surface area contributed by atoms with Crippen LogP contribution in [0.4, 0.5) is 5.69 Å². The third kappa shape index (κ3) is 3.96. The van der Waals surface area contributed by atoms with Gasteiger partial charge in [0.15, 0.2) is 5.16 Å². The minimum absolute atomic E-state index is 0.0379. The van der Waals surface area contributed by atoms with Gasteiger partial charge in [0.25, 0.3) is 5.56 Å². The lowest BCUT2D eigenvalue weighted by atomic mass is 10.3. The molecule has 1 heterocycles. The van der Waals surface area contributed by atoms with Gasteiger partial charge >= 0.3 is 0 Å². The van der Waals surface area contributed by atoms with Crippen LogP contribution in [0.5, 0.6) is 0 Å². The Morgan fingerprint density at radius 3 is 2.70 bits per heavy atom. The van der Waals surface area contributed by atoms with Gasteiger partial charge in [0.2, 0.25) is 5.91 Å². The topological polar surface area (TPSA) is 87.7 Å². The van der Waals surface area contributed by atoms with Crippen LogP contribution in [-0.4, -0.2) is 26.8 Å². The molecule has 0 saturated heterocycles. The summed E-state index contributed by atoms with van der Waals surface area (Å²) < 4.78 is 0. The van der Waals surface area contributed by atoms with Crippen LogP contribution in [0.1, 0.15) is 0 Å². The van der Waals surface area contributed by atoms with Crippen LogP contribution in [0.3, 0.4) is 0 Å². The van der Waals surface area contributed by atoms with Gasteiger partial charge in [-0.05, 0) is 12.1 Å². The minimum Gasteiger partial charge on any atom is -0.323 e. The third-order valence-electron chi connectivity index (χ3n) is 2.12. The number of rotatable bonds is 4. The summed E-state index contributed by atoms with van der Waals surface area (Å²) in [5.41, 5.74) is -0.0221. The minimum atomic E-state index is -0.378. The fourth-order valence-electron chi connectivity index (χ4n) is 1.29. The van der Waals surface area contributed by atoms with Crippen LogP contribution in [0.2, 0.25) is 10.0 Å². The number of halogens is 2. The van der Waals surface area contributed by atoms with E-state index < -0.39 is 0 Å². The molecule has 0 aliphatic carbocycles. The van der Waals surface area contributed by atoms with Crippen LogP contribution < -0.4 is 10.9 Å². The normalized spacial score (nSPS) is 10.3. The highest BCUT2D eigenvalue weighted by Crippen LogP contribution is 2.29. The molecule has 6 nitrogen and oxygen atoms in total. The number of nitrogens with one attached hydrogen (secondary N) is 2. The highest BCUT2D eigenvalue weighted by Gasteiger charge is 2.10. The molecule has 0 radical (unpaired) electrons. The van der Waals surface area contributed by atoms with Crippen molar-refractivity contribution < 1.29 is 4.79 Å². The fourth-order valence-corrected chi connectivity index (χ4v) is 2.40. The van der Waals surface area contributed by atoms with E-state index in [2.05, 4.69) is 20.5 Å². The molecule has 104 valence electrons. The zero-order chi connectivity index (χ0) is 14.5. The highest BCUT2D eigenvalue weighted by molar-refractivity contribution is 7.99. The van der Waals surface area contributed by atoms with Crippen molar-refractivity contribution in [2.75, 3.05) is 11.1 Å². The Balaban J connectivity index is 1.98. The van der Waals surface area contributed by atoms with E-state index in [1.165, 1.54) is 0 Å². The fraction of sp³-hybridized carbons (Fsp3) is 0.0909. The monoisotopic (exact) mass is 330 g/mol. The molecule has 0 aliphatic rings. The molecule has 2 N–H and O–H groups in total. The Hall–Kier alpha value is -1.57. The molecule has 1 aromatic carbocycles. The maximum atomic E-state index is 11.8. The first-order chi connectivity index (χ1) is 9.56. The van der Waals surface area contributed by atoms with Crippen molar-refractivity contribution >= 4 is 46.6 Å². The van der Waals surface area contributed by atoms with E-state index in [0.717, 1.165) is 18.0 Å².